The minimum atomic E-state index is -4.25. The van der Waals surface area contributed by atoms with Gasteiger partial charge in [0.25, 0.3) is 5.91 Å². The zero-order chi connectivity index (χ0) is 21.5. The molecule has 1 aromatic carbocycles. The number of anilines is 1. The number of carbonyl (C=O) groups excluding carboxylic acids is 1. The van der Waals surface area contributed by atoms with E-state index in [0.29, 0.717) is 15.8 Å². The molecule has 158 valence electrons. The molecule has 1 aliphatic rings. The number of fused-ring (bicyclic) bond motifs is 1. The van der Waals surface area contributed by atoms with Gasteiger partial charge in [0, 0.05) is 29.9 Å². The zero-order valence-electron chi connectivity index (χ0n) is 16.1. The number of aryl methyl sites for hydroxylation is 1. The fourth-order valence-corrected chi connectivity index (χ4v) is 3.56. The molecule has 1 saturated carbocycles. The van der Waals surface area contributed by atoms with Gasteiger partial charge in [0.1, 0.15) is 4.60 Å². The molecule has 2 N–H and O–H groups in total. The molecule has 0 aliphatic heterocycles. The molecule has 0 unspecified atom stereocenters. The molecule has 4 rings (SSSR count). The van der Waals surface area contributed by atoms with Crippen molar-refractivity contribution in [3.8, 4) is 11.3 Å². The molecule has 3 aromatic rings. The maximum absolute atomic E-state index is 12.5. The van der Waals surface area contributed by atoms with Gasteiger partial charge in [-0.3, -0.25) is 9.20 Å². The van der Waals surface area contributed by atoms with Crippen LogP contribution in [-0.4, -0.2) is 39.0 Å². The predicted molar refractivity (Wildman–Crippen MR) is 111 cm³/mol. The van der Waals surface area contributed by atoms with Gasteiger partial charge in [-0.1, -0.05) is 6.07 Å². The van der Waals surface area contributed by atoms with Gasteiger partial charge < -0.3 is 10.6 Å². The van der Waals surface area contributed by atoms with Crippen molar-refractivity contribution < 1.29 is 18.0 Å². The Morgan fingerprint density at radius 3 is 2.77 bits per heavy atom. The van der Waals surface area contributed by atoms with Gasteiger partial charge in [-0.2, -0.15) is 13.2 Å². The molecule has 2 heterocycles. The Morgan fingerprint density at radius 1 is 1.33 bits per heavy atom. The molecular formula is C20H19BrF3N5O. The summed E-state index contributed by atoms with van der Waals surface area (Å²) in [6.07, 6.45) is 0.165. The highest BCUT2D eigenvalue weighted by Crippen LogP contribution is 2.28. The van der Waals surface area contributed by atoms with E-state index < -0.39 is 12.6 Å². The van der Waals surface area contributed by atoms with Crippen molar-refractivity contribution >= 4 is 33.3 Å². The Balaban J connectivity index is 1.63. The Labute approximate surface area is 179 Å². The fourth-order valence-electron chi connectivity index (χ4n) is 3.18. The lowest BCUT2D eigenvalue weighted by atomic mass is 10.0. The van der Waals surface area contributed by atoms with Gasteiger partial charge in [-0.25, -0.2) is 9.97 Å². The molecule has 1 fully saturated rings. The number of halogens is 4. The fraction of sp³-hybridized carbons (Fsp3) is 0.350. The van der Waals surface area contributed by atoms with E-state index in [-0.39, 0.29) is 24.3 Å². The molecular weight excluding hydrogens is 463 g/mol. The second-order valence-electron chi connectivity index (χ2n) is 7.32. The van der Waals surface area contributed by atoms with Gasteiger partial charge in [0.05, 0.1) is 18.3 Å². The first-order chi connectivity index (χ1) is 14.2. The molecule has 30 heavy (non-hydrogen) atoms. The van der Waals surface area contributed by atoms with Crippen molar-refractivity contribution in [3.05, 3.63) is 46.3 Å². The van der Waals surface area contributed by atoms with Crippen LogP contribution in [0.1, 0.15) is 35.2 Å². The van der Waals surface area contributed by atoms with E-state index in [0.717, 1.165) is 29.7 Å². The molecule has 0 bridgehead atoms. The van der Waals surface area contributed by atoms with Gasteiger partial charge in [0.15, 0.2) is 11.5 Å². The van der Waals surface area contributed by atoms with E-state index in [1.54, 1.807) is 22.9 Å². The van der Waals surface area contributed by atoms with E-state index in [1.807, 2.05) is 19.1 Å². The summed E-state index contributed by atoms with van der Waals surface area (Å²) >= 11 is 3.31. The van der Waals surface area contributed by atoms with E-state index in [1.165, 1.54) is 0 Å². The molecule has 1 amide bonds. The minimum Gasteiger partial charge on any atom is -0.367 e. The Hall–Kier alpha value is -2.62. The van der Waals surface area contributed by atoms with E-state index in [2.05, 4.69) is 36.5 Å². The monoisotopic (exact) mass is 481 g/mol. The second kappa shape index (κ2) is 7.90. The first-order valence-electron chi connectivity index (χ1n) is 9.47. The van der Waals surface area contributed by atoms with E-state index in [9.17, 15) is 18.0 Å². The SMILES string of the molecule is Cc1cc(-c2cnc3c(NCCC(F)(F)F)nc(Br)cn23)ccc1C(=O)NC1CC1. The van der Waals surface area contributed by atoms with Crippen LogP contribution in [0.3, 0.4) is 0 Å². The average molecular weight is 482 g/mol. The molecule has 0 saturated heterocycles. The topological polar surface area (TPSA) is 71.3 Å². The Morgan fingerprint density at radius 2 is 2.10 bits per heavy atom. The van der Waals surface area contributed by atoms with Crippen molar-refractivity contribution in [1.82, 2.24) is 19.7 Å². The second-order valence-corrected chi connectivity index (χ2v) is 8.13. The van der Waals surface area contributed by atoms with Gasteiger partial charge in [0.2, 0.25) is 0 Å². The number of amides is 1. The van der Waals surface area contributed by atoms with Crippen molar-refractivity contribution in [1.29, 1.82) is 0 Å². The number of hydrogen-bond donors (Lipinski definition) is 2. The summed E-state index contributed by atoms with van der Waals surface area (Å²) in [6, 6.07) is 5.80. The summed E-state index contributed by atoms with van der Waals surface area (Å²) in [4.78, 5) is 20.9. The summed E-state index contributed by atoms with van der Waals surface area (Å²) in [5.74, 6) is 0.180. The quantitative estimate of drug-likeness (QED) is 0.534. The van der Waals surface area contributed by atoms with Crippen molar-refractivity contribution in [2.24, 2.45) is 0 Å². The lowest BCUT2D eigenvalue weighted by molar-refractivity contribution is -0.131. The Kier molecular flexibility index (Phi) is 5.44. The zero-order valence-corrected chi connectivity index (χ0v) is 17.6. The maximum atomic E-state index is 12.5. The van der Waals surface area contributed by atoms with Crippen LogP contribution >= 0.6 is 15.9 Å². The highest BCUT2D eigenvalue weighted by Gasteiger charge is 2.27. The Bertz CT molecular complexity index is 1110. The molecule has 0 spiro atoms. The number of rotatable bonds is 6. The molecule has 0 radical (unpaired) electrons. The predicted octanol–water partition coefficient (Wildman–Crippen LogP) is 4.72. The minimum absolute atomic E-state index is 0.0808. The van der Waals surface area contributed by atoms with E-state index >= 15 is 0 Å². The van der Waals surface area contributed by atoms with Crippen LogP contribution in [0.25, 0.3) is 16.9 Å². The lowest BCUT2D eigenvalue weighted by Crippen LogP contribution is -2.26. The lowest BCUT2D eigenvalue weighted by Gasteiger charge is -2.11. The molecule has 1 aliphatic carbocycles. The smallest absolute Gasteiger partial charge is 0.367 e. The summed E-state index contributed by atoms with van der Waals surface area (Å²) in [6.45, 7) is 1.57. The van der Waals surface area contributed by atoms with Crippen molar-refractivity contribution in [3.63, 3.8) is 0 Å². The third-order valence-corrected chi connectivity index (χ3v) is 5.23. The molecule has 0 atom stereocenters. The largest absolute Gasteiger partial charge is 0.390 e. The van der Waals surface area contributed by atoms with Gasteiger partial charge >= 0.3 is 6.18 Å². The van der Waals surface area contributed by atoms with Crippen molar-refractivity contribution in [2.75, 3.05) is 11.9 Å². The van der Waals surface area contributed by atoms with Crippen LogP contribution in [0.15, 0.2) is 35.2 Å². The first-order valence-corrected chi connectivity index (χ1v) is 10.3. The third-order valence-electron chi connectivity index (χ3n) is 4.84. The first kappa shape index (κ1) is 20.6. The number of aromatic nitrogens is 3. The number of imidazole rings is 1. The number of nitrogens with one attached hydrogen (secondary N) is 2. The van der Waals surface area contributed by atoms with E-state index in [4.69, 9.17) is 0 Å². The summed E-state index contributed by atoms with van der Waals surface area (Å²) in [7, 11) is 0. The molecule has 6 nitrogen and oxygen atoms in total. The summed E-state index contributed by atoms with van der Waals surface area (Å²) in [5, 5.41) is 5.69. The number of nitrogens with zero attached hydrogens (tertiary/aromatic N) is 3. The number of benzene rings is 1. The number of hydrogen-bond acceptors (Lipinski definition) is 4. The number of alkyl halides is 3. The van der Waals surface area contributed by atoms with Crippen LogP contribution in [0, 0.1) is 6.92 Å². The normalized spacial score (nSPS) is 14.2. The molecule has 2 aromatic heterocycles. The van der Waals surface area contributed by atoms with Crippen LogP contribution < -0.4 is 10.6 Å². The van der Waals surface area contributed by atoms with Crippen LogP contribution in [0.2, 0.25) is 0 Å². The highest BCUT2D eigenvalue weighted by molar-refractivity contribution is 9.10. The highest BCUT2D eigenvalue weighted by atomic mass is 79.9. The standard InChI is InChI=1S/C20H19BrF3N5O/c1-11-8-12(2-5-14(11)19(30)27-13-3-4-13)15-9-26-18-17(25-7-6-20(22,23)24)28-16(21)10-29(15)18/h2,5,8-10,13H,3-4,6-7H2,1H3,(H,25,28)(H,27,30). The summed E-state index contributed by atoms with van der Waals surface area (Å²) in [5.41, 5.74) is 3.45. The van der Waals surface area contributed by atoms with Crippen LogP contribution in [0.4, 0.5) is 19.0 Å². The van der Waals surface area contributed by atoms with Gasteiger partial charge in [-0.05, 0) is 53.4 Å². The van der Waals surface area contributed by atoms with Crippen LogP contribution in [-0.2, 0) is 0 Å². The van der Waals surface area contributed by atoms with Crippen LogP contribution in [0.5, 0.6) is 0 Å². The maximum Gasteiger partial charge on any atom is 0.390 e. The third kappa shape index (κ3) is 4.58. The molecule has 10 heteroatoms. The van der Waals surface area contributed by atoms with Crippen molar-refractivity contribution in [2.45, 2.75) is 38.4 Å². The summed E-state index contributed by atoms with van der Waals surface area (Å²) < 4.78 is 39.6. The van der Waals surface area contributed by atoms with Gasteiger partial charge in [-0.15, -0.1) is 0 Å². The number of carbonyl (C=O) groups is 1. The average Bonchev–Trinajstić information content (AvgIpc) is 3.36.